The number of likely N-dealkylation sites (tertiary alicyclic amines) is 1. The van der Waals surface area contributed by atoms with E-state index < -0.39 is 0 Å². The first kappa shape index (κ1) is 22.8. The molecule has 2 fully saturated rings. The van der Waals surface area contributed by atoms with Crippen LogP contribution in [0.4, 0.5) is 0 Å². The minimum atomic E-state index is -0.235. The van der Waals surface area contributed by atoms with Crippen LogP contribution in [-0.4, -0.2) is 95.1 Å². The molecule has 2 aliphatic rings. The highest BCUT2D eigenvalue weighted by Crippen LogP contribution is 2.27. The molecule has 6 nitrogen and oxygen atoms in total. The molecule has 1 amide bonds. The van der Waals surface area contributed by atoms with Crippen molar-refractivity contribution in [1.82, 2.24) is 25.0 Å². The van der Waals surface area contributed by atoms with E-state index in [1.54, 1.807) is 18.3 Å². The number of piperidine rings is 1. The molecule has 1 aromatic rings. The third-order valence-corrected chi connectivity index (χ3v) is 7.47. The number of carbonyl (C=O) groups excluding carboxylic acids is 1. The van der Waals surface area contributed by atoms with Crippen LogP contribution in [0.1, 0.15) is 37.2 Å². The highest BCUT2D eigenvalue weighted by Gasteiger charge is 2.39. The van der Waals surface area contributed by atoms with Gasteiger partial charge in [0.25, 0.3) is 5.91 Å². The van der Waals surface area contributed by atoms with Gasteiger partial charge in [0, 0.05) is 57.4 Å². The second kappa shape index (κ2) is 10.4. The van der Waals surface area contributed by atoms with Crippen molar-refractivity contribution < 1.29 is 4.79 Å². The molecule has 1 unspecified atom stereocenters. The maximum Gasteiger partial charge on any atom is 0.271 e. The van der Waals surface area contributed by atoms with Gasteiger partial charge in [-0.1, -0.05) is 18.5 Å². The van der Waals surface area contributed by atoms with Gasteiger partial charge < -0.3 is 10.2 Å². The number of carbonyl (C=O) groups is 1. The fourth-order valence-corrected chi connectivity index (χ4v) is 5.11. The second-order valence-corrected chi connectivity index (χ2v) is 10.0. The van der Waals surface area contributed by atoms with Gasteiger partial charge in [0.05, 0.1) is 10.6 Å². The van der Waals surface area contributed by atoms with Crippen LogP contribution in [-0.2, 0) is 0 Å². The van der Waals surface area contributed by atoms with Crippen LogP contribution in [0.25, 0.3) is 0 Å². The molecule has 3 heterocycles. The Morgan fingerprint density at radius 1 is 1.31 bits per heavy atom. The predicted molar refractivity (Wildman–Crippen MR) is 122 cm³/mol. The Balaban J connectivity index is 1.71. The zero-order valence-corrected chi connectivity index (χ0v) is 19.4. The zero-order valence-electron chi connectivity index (χ0n) is 17.9. The number of halogens is 1. The van der Waals surface area contributed by atoms with Crippen molar-refractivity contribution >= 4 is 29.3 Å². The first-order valence-corrected chi connectivity index (χ1v) is 12.1. The van der Waals surface area contributed by atoms with Gasteiger partial charge in [0.1, 0.15) is 5.69 Å². The number of rotatable bonds is 7. The molecule has 0 spiro atoms. The van der Waals surface area contributed by atoms with Gasteiger partial charge in [-0.15, -0.1) is 11.8 Å². The first-order chi connectivity index (χ1) is 13.9. The molecular formula is C21H34ClN5OS. The minimum absolute atomic E-state index is 0.158. The molecule has 0 bridgehead atoms. The number of likely N-dealkylation sites (N-methyl/N-ethyl adjacent to an activating group) is 1. The van der Waals surface area contributed by atoms with Gasteiger partial charge in [-0.25, -0.2) is 4.98 Å². The topological polar surface area (TPSA) is 51.7 Å². The SMILES string of the molecule is CCSCN1CCC(CN2CCN(C)C(C)C2)(NC(=O)c2ncccc2Cl)CC1. The Hall–Kier alpha value is -0.860. The number of hydrogen-bond donors (Lipinski definition) is 1. The second-order valence-electron chi connectivity index (χ2n) is 8.37. The summed E-state index contributed by atoms with van der Waals surface area (Å²) in [5.41, 5.74) is 0.0882. The Bertz CT molecular complexity index is 683. The van der Waals surface area contributed by atoms with Crippen molar-refractivity contribution in [3.05, 3.63) is 29.0 Å². The lowest BCUT2D eigenvalue weighted by Gasteiger charge is -2.47. The summed E-state index contributed by atoms with van der Waals surface area (Å²) >= 11 is 8.20. The number of nitrogens with zero attached hydrogens (tertiary/aromatic N) is 4. The summed E-state index contributed by atoms with van der Waals surface area (Å²) in [5.74, 6) is 2.04. The van der Waals surface area contributed by atoms with Crippen LogP contribution in [0.15, 0.2) is 18.3 Å². The van der Waals surface area contributed by atoms with Crippen molar-refractivity contribution in [1.29, 1.82) is 0 Å². The molecule has 1 atom stereocenters. The number of aromatic nitrogens is 1. The molecule has 0 radical (unpaired) electrons. The molecule has 0 saturated carbocycles. The molecule has 162 valence electrons. The number of pyridine rings is 1. The molecule has 29 heavy (non-hydrogen) atoms. The summed E-state index contributed by atoms with van der Waals surface area (Å²) in [5, 5.41) is 3.77. The van der Waals surface area contributed by atoms with E-state index in [2.05, 4.69) is 45.9 Å². The summed E-state index contributed by atoms with van der Waals surface area (Å²) in [4.78, 5) is 24.7. The molecular weight excluding hydrogens is 406 g/mol. The Morgan fingerprint density at radius 2 is 2.07 bits per heavy atom. The molecule has 2 aliphatic heterocycles. The third-order valence-electron chi connectivity index (χ3n) is 6.21. The summed E-state index contributed by atoms with van der Waals surface area (Å²) in [6.45, 7) is 10.5. The Kier molecular flexibility index (Phi) is 8.22. The summed E-state index contributed by atoms with van der Waals surface area (Å²) in [6.07, 6.45) is 3.53. The van der Waals surface area contributed by atoms with E-state index in [9.17, 15) is 4.79 Å². The van der Waals surface area contributed by atoms with Crippen LogP contribution in [0.2, 0.25) is 5.02 Å². The summed E-state index contributed by atoms with van der Waals surface area (Å²) in [6, 6.07) is 4.01. The lowest BCUT2D eigenvalue weighted by molar-refractivity contribution is 0.0489. The highest BCUT2D eigenvalue weighted by atomic mass is 35.5. The van der Waals surface area contributed by atoms with E-state index in [0.29, 0.717) is 16.8 Å². The van der Waals surface area contributed by atoms with Crippen molar-refractivity contribution in [2.45, 2.75) is 38.3 Å². The molecule has 1 N–H and O–H groups in total. The molecule has 1 aromatic heterocycles. The van der Waals surface area contributed by atoms with Crippen LogP contribution in [0.3, 0.4) is 0 Å². The van der Waals surface area contributed by atoms with E-state index >= 15 is 0 Å². The predicted octanol–water partition coefficient (Wildman–Crippen LogP) is 2.65. The molecule has 2 saturated heterocycles. The fraction of sp³-hybridized carbons (Fsp3) is 0.714. The standard InChI is InChI=1S/C21H34ClN5OS/c1-4-29-16-26-10-7-21(8-11-26,15-27-13-12-25(3)17(2)14-27)24-20(28)19-18(22)6-5-9-23-19/h5-6,9,17H,4,7-8,10-16H2,1-3H3,(H,24,28). The van der Waals surface area contributed by atoms with Crippen molar-refractivity contribution in [3.63, 3.8) is 0 Å². The average molecular weight is 440 g/mol. The maximum atomic E-state index is 13.0. The maximum absolute atomic E-state index is 13.0. The van der Waals surface area contributed by atoms with Crippen LogP contribution >= 0.6 is 23.4 Å². The van der Waals surface area contributed by atoms with E-state index in [1.165, 1.54) is 0 Å². The van der Waals surface area contributed by atoms with E-state index in [4.69, 9.17) is 11.6 Å². The zero-order chi connectivity index (χ0) is 20.9. The smallest absolute Gasteiger partial charge is 0.271 e. The third kappa shape index (κ3) is 6.07. The van der Waals surface area contributed by atoms with Crippen LogP contribution < -0.4 is 5.32 Å². The van der Waals surface area contributed by atoms with Gasteiger partial charge in [-0.05, 0) is 44.7 Å². The number of piperazine rings is 1. The van der Waals surface area contributed by atoms with Gasteiger partial charge >= 0.3 is 0 Å². The van der Waals surface area contributed by atoms with E-state index in [0.717, 1.165) is 63.7 Å². The summed E-state index contributed by atoms with van der Waals surface area (Å²) in [7, 11) is 2.19. The van der Waals surface area contributed by atoms with Gasteiger partial charge in [0.15, 0.2) is 0 Å². The van der Waals surface area contributed by atoms with E-state index in [-0.39, 0.29) is 11.4 Å². The summed E-state index contributed by atoms with van der Waals surface area (Å²) < 4.78 is 0. The monoisotopic (exact) mass is 439 g/mol. The van der Waals surface area contributed by atoms with Gasteiger partial charge in [-0.3, -0.25) is 14.6 Å². The largest absolute Gasteiger partial charge is 0.344 e. The van der Waals surface area contributed by atoms with Gasteiger partial charge in [-0.2, -0.15) is 0 Å². The van der Waals surface area contributed by atoms with Crippen molar-refractivity contribution in [2.75, 3.05) is 57.9 Å². The normalized spacial score (nSPS) is 23.8. The van der Waals surface area contributed by atoms with Crippen molar-refractivity contribution in [2.24, 2.45) is 0 Å². The Morgan fingerprint density at radius 3 is 2.72 bits per heavy atom. The number of nitrogens with one attached hydrogen (secondary N) is 1. The lowest BCUT2D eigenvalue weighted by Crippen LogP contribution is -2.63. The van der Waals surface area contributed by atoms with Gasteiger partial charge in [0.2, 0.25) is 0 Å². The number of hydrogen-bond acceptors (Lipinski definition) is 6. The molecule has 3 rings (SSSR count). The van der Waals surface area contributed by atoms with Crippen LogP contribution in [0.5, 0.6) is 0 Å². The first-order valence-electron chi connectivity index (χ1n) is 10.6. The lowest BCUT2D eigenvalue weighted by atomic mass is 9.86. The van der Waals surface area contributed by atoms with Crippen LogP contribution in [0, 0.1) is 0 Å². The quantitative estimate of drug-likeness (QED) is 0.704. The number of amides is 1. The molecule has 0 aliphatic carbocycles. The minimum Gasteiger partial charge on any atom is -0.344 e. The van der Waals surface area contributed by atoms with E-state index in [1.807, 2.05) is 11.8 Å². The molecule has 0 aromatic carbocycles. The Labute approximate surface area is 184 Å². The van der Waals surface area contributed by atoms with Crippen molar-refractivity contribution in [3.8, 4) is 0 Å². The highest BCUT2D eigenvalue weighted by molar-refractivity contribution is 7.99. The number of thioether (sulfide) groups is 1. The molecule has 8 heteroatoms. The fourth-order valence-electron chi connectivity index (χ4n) is 4.20. The average Bonchev–Trinajstić information content (AvgIpc) is 2.71.